The highest BCUT2D eigenvalue weighted by Crippen LogP contribution is 1.79. The van der Waals surface area contributed by atoms with Crippen LogP contribution in [-0.2, 0) is 0 Å². The van der Waals surface area contributed by atoms with Gasteiger partial charge in [-0.15, -0.1) is 24.8 Å². The number of hydrogen-bond donors (Lipinski definition) is 2. The summed E-state index contributed by atoms with van der Waals surface area (Å²) in [5, 5.41) is 0. The smallest absolute Gasteiger partial charge is 0.0693 e. The highest BCUT2D eigenvalue weighted by atomic mass is 35.5. The van der Waals surface area contributed by atoms with Gasteiger partial charge in [-0.25, -0.2) is 5.43 Å². The summed E-state index contributed by atoms with van der Waals surface area (Å²) in [7, 11) is 3.93. The van der Waals surface area contributed by atoms with Crippen molar-refractivity contribution in [1.29, 1.82) is 0 Å². The fourth-order valence-corrected chi connectivity index (χ4v) is 0.149. The van der Waals surface area contributed by atoms with Gasteiger partial charge in [0.25, 0.3) is 0 Å². The molecule has 0 aromatic carbocycles. The second-order valence-corrected chi connectivity index (χ2v) is 1.81. The molecule has 0 rings (SSSR count). The van der Waals surface area contributed by atoms with Gasteiger partial charge in [0.2, 0.25) is 0 Å². The van der Waals surface area contributed by atoms with Crippen LogP contribution in [0.5, 0.6) is 0 Å². The summed E-state index contributed by atoms with van der Waals surface area (Å²) in [6.45, 7) is 1.99. The zero-order valence-electron chi connectivity index (χ0n) is 5.92. The number of rotatable bonds is 2. The molecule has 0 aromatic rings. The van der Waals surface area contributed by atoms with Crippen LogP contribution in [0.25, 0.3) is 0 Å². The van der Waals surface area contributed by atoms with E-state index in [1.54, 1.807) is 0 Å². The minimum atomic E-state index is 0. The molecule has 0 bridgehead atoms. The molecular formula is C4H15Cl2N3. The number of nitrogens with zero attached hydrogens (tertiary/aromatic N) is 1. The fraction of sp³-hybridized carbons (Fsp3) is 1.00. The monoisotopic (exact) mass is 175 g/mol. The van der Waals surface area contributed by atoms with Crippen LogP contribution in [0.4, 0.5) is 0 Å². The van der Waals surface area contributed by atoms with Gasteiger partial charge in [-0.1, -0.05) is 0 Å². The van der Waals surface area contributed by atoms with Crippen LogP contribution in [0, 0.1) is 0 Å². The second-order valence-electron chi connectivity index (χ2n) is 1.81. The molecule has 3 N–H and O–H groups in total. The zero-order chi connectivity index (χ0) is 5.86. The van der Waals surface area contributed by atoms with E-state index in [1.807, 2.05) is 25.9 Å². The lowest BCUT2D eigenvalue weighted by Crippen LogP contribution is -2.42. The molecular weight excluding hydrogens is 161 g/mol. The van der Waals surface area contributed by atoms with Crippen molar-refractivity contribution in [3.63, 3.8) is 0 Å². The Kier molecular flexibility index (Phi) is 15.3. The summed E-state index contributed by atoms with van der Waals surface area (Å²) >= 11 is 0. The van der Waals surface area contributed by atoms with E-state index in [0.29, 0.717) is 0 Å². The van der Waals surface area contributed by atoms with Gasteiger partial charge in [-0.2, -0.15) is 0 Å². The molecule has 1 atom stereocenters. The Balaban J connectivity index is -0.000000180. The average Bonchev–Trinajstić information content (AvgIpc) is 1.65. The van der Waals surface area contributed by atoms with Crippen molar-refractivity contribution in [1.82, 2.24) is 10.3 Å². The summed E-state index contributed by atoms with van der Waals surface area (Å²) in [5.74, 6) is 5.08. The van der Waals surface area contributed by atoms with E-state index >= 15 is 0 Å². The molecule has 0 fully saturated rings. The van der Waals surface area contributed by atoms with Gasteiger partial charge in [0.05, 0.1) is 6.17 Å². The fourth-order valence-electron chi connectivity index (χ4n) is 0.149. The predicted molar refractivity (Wildman–Crippen MR) is 45.0 cm³/mol. The molecule has 0 aliphatic carbocycles. The van der Waals surface area contributed by atoms with Crippen LogP contribution in [-0.4, -0.2) is 25.2 Å². The van der Waals surface area contributed by atoms with E-state index < -0.39 is 0 Å². The van der Waals surface area contributed by atoms with Gasteiger partial charge >= 0.3 is 0 Å². The average molecular weight is 176 g/mol. The Hall–Kier alpha value is 0.460. The first-order valence-corrected chi connectivity index (χ1v) is 2.31. The molecule has 3 nitrogen and oxygen atoms in total. The summed E-state index contributed by atoms with van der Waals surface area (Å²) < 4.78 is 0. The maximum absolute atomic E-state index is 5.08. The summed E-state index contributed by atoms with van der Waals surface area (Å²) in [4.78, 5) is 1.99. The summed E-state index contributed by atoms with van der Waals surface area (Å²) in [5.41, 5.74) is 2.59. The van der Waals surface area contributed by atoms with E-state index in [0.717, 1.165) is 0 Å². The van der Waals surface area contributed by atoms with Gasteiger partial charge in [0.1, 0.15) is 0 Å². The first-order valence-electron chi connectivity index (χ1n) is 2.31. The standard InChI is InChI=1S/C4H13N3.2ClH/c1-4(6-5)7(2)3;;/h4,6H,5H2,1-3H3;2*1H. The van der Waals surface area contributed by atoms with Crippen LogP contribution >= 0.6 is 24.8 Å². The first-order chi connectivity index (χ1) is 3.18. The van der Waals surface area contributed by atoms with E-state index in [2.05, 4.69) is 5.43 Å². The van der Waals surface area contributed by atoms with E-state index in [4.69, 9.17) is 5.84 Å². The normalized spacial score (nSPS) is 11.7. The number of hydrogen-bond acceptors (Lipinski definition) is 3. The molecule has 0 saturated carbocycles. The van der Waals surface area contributed by atoms with Crippen LogP contribution in [0.3, 0.4) is 0 Å². The molecule has 60 valence electrons. The summed E-state index contributed by atoms with van der Waals surface area (Å²) in [6.07, 6.45) is 0.264. The third-order valence-electron chi connectivity index (χ3n) is 1.02. The molecule has 9 heavy (non-hydrogen) atoms. The van der Waals surface area contributed by atoms with Crippen molar-refractivity contribution in [3.8, 4) is 0 Å². The second kappa shape index (κ2) is 8.46. The lowest BCUT2D eigenvalue weighted by Gasteiger charge is -2.17. The highest BCUT2D eigenvalue weighted by Gasteiger charge is 1.96. The van der Waals surface area contributed by atoms with Crippen molar-refractivity contribution in [2.24, 2.45) is 5.84 Å². The Morgan fingerprint density at radius 3 is 1.67 bits per heavy atom. The lowest BCUT2D eigenvalue weighted by atomic mass is 10.5. The van der Waals surface area contributed by atoms with Gasteiger partial charge < -0.3 is 0 Å². The summed E-state index contributed by atoms with van der Waals surface area (Å²) in [6, 6.07) is 0. The minimum Gasteiger partial charge on any atom is -0.293 e. The van der Waals surface area contributed by atoms with Gasteiger partial charge in [0, 0.05) is 0 Å². The molecule has 0 aliphatic rings. The Bertz CT molecular complexity index is 51.1. The molecule has 0 aromatic heterocycles. The molecule has 0 heterocycles. The Morgan fingerprint density at radius 2 is 1.67 bits per heavy atom. The van der Waals surface area contributed by atoms with Crippen LogP contribution in [0.1, 0.15) is 6.92 Å². The topological polar surface area (TPSA) is 41.3 Å². The van der Waals surface area contributed by atoms with Gasteiger partial charge in [-0.05, 0) is 21.0 Å². The van der Waals surface area contributed by atoms with E-state index in [1.165, 1.54) is 0 Å². The maximum atomic E-state index is 5.08. The Labute approximate surface area is 68.8 Å². The van der Waals surface area contributed by atoms with Crippen molar-refractivity contribution in [3.05, 3.63) is 0 Å². The SMILES string of the molecule is CC(NN)N(C)C.Cl.Cl. The molecule has 0 saturated heterocycles. The molecule has 5 heteroatoms. The largest absolute Gasteiger partial charge is 0.293 e. The molecule has 0 spiro atoms. The third kappa shape index (κ3) is 8.46. The minimum absolute atomic E-state index is 0. The molecule has 0 amide bonds. The highest BCUT2D eigenvalue weighted by molar-refractivity contribution is 5.85. The number of nitrogens with one attached hydrogen (secondary N) is 1. The van der Waals surface area contributed by atoms with E-state index in [9.17, 15) is 0 Å². The van der Waals surface area contributed by atoms with Gasteiger partial charge in [-0.3, -0.25) is 10.7 Å². The van der Waals surface area contributed by atoms with Crippen molar-refractivity contribution in [2.45, 2.75) is 13.1 Å². The Morgan fingerprint density at radius 1 is 1.33 bits per heavy atom. The van der Waals surface area contributed by atoms with Crippen LogP contribution in [0.15, 0.2) is 0 Å². The van der Waals surface area contributed by atoms with Crippen molar-refractivity contribution < 1.29 is 0 Å². The van der Waals surface area contributed by atoms with E-state index in [-0.39, 0.29) is 31.0 Å². The number of nitrogens with two attached hydrogens (primary N) is 1. The lowest BCUT2D eigenvalue weighted by molar-refractivity contribution is 0.268. The van der Waals surface area contributed by atoms with Gasteiger partial charge in [0.15, 0.2) is 0 Å². The molecule has 1 unspecified atom stereocenters. The van der Waals surface area contributed by atoms with Crippen molar-refractivity contribution >= 4 is 24.8 Å². The predicted octanol–water partition coefficient (Wildman–Crippen LogP) is 0.201. The van der Waals surface area contributed by atoms with Crippen LogP contribution in [0.2, 0.25) is 0 Å². The zero-order valence-corrected chi connectivity index (χ0v) is 7.55. The maximum Gasteiger partial charge on any atom is 0.0693 e. The first kappa shape index (κ1) is 16.2. The van der Waals surface area contributed by atoms with Crippen molar-refractivity contribution in [2.75, 3.05) is 14.1 Å². The number of hydrazine groups is 1. The quantitative estimate of drug-likeness (QED) is 0.359. The molecule has 0 aliphatic heterocycles. The number of halogens is 2. The molecule has 0 radical (unpaired) electrons. The third-order valence-corrected chi connectivity index (χ3v) is 1.02. The van der Waals surface area contributed by atoms with Crippen LogP contribution < -0.4 is 11.3 Å².